The number of carbonyl (C=O) groups excluding carboxylic acids is 1. The summed E-state index contributed by atoms with van der Waals surface area (Å²) in [5.41, 5.74) is 1.91. The SMILES string of the molecule is COc1ccccc1CC(=O)Nc1nc(CN2CCC[C@@H](C)C2)cs1. The second kappa shape index (κ2) is 8.45. The summed E-state index contributed by atoms with van der Waals surface area (Å²) in [7, 11) is 1.62. The molecule has 1 saturated heterocycles. The Morgan fingerprint density at radius 1 is 1.44 bits per heavy atom. The summed E-state index contributed by atoms with van der Waals surface area (Å²) in [6.07, 6.45) is 2.86. The molecular formula is C19H25N3O2S. The third-order valence-corrected chi connectivity index (χ3v) is 5.27. The number of likely N-dealkylation sites (tertiary alicyclic amines) is 1. The summed E-state index contributed by atoms with van der Waals surface area (Å²) in [6.45, 7) is 5.43. The van der Waals surface area contributed by atoms with Crippen molar-refractivity contribution in [1.29, 1.82) is 0 Å². The summed E-state index contributed by atoms with van der Waals surface area (Å²) in [5.74, 6) is 1.42. The number of anilines is 1. The van der Waals surface area contributed by atoms with E-state index in [4.69, 9.17) is 4.74 Å². The third kappa shape index (κ3) is 5.03. The smallest absolute Gasteiger partial charge is 0.230 e. The maximum atomic E-state index is 12.3. The molecule has 5 nitrogen and oxygen atoms in total. The van der Waals surface area contributed by atoms with Crippen molar-refractivity contribution in [3.8, 4) is 5.75 Å². The van der Waals surface area contributed by atoms with Gasteiger partial charge in [-0.1, -0.05) is 25.1 Å². The second-order valence-electron chi connectivity index (χ2n) is 6.66. The minimum atomic E-state index is -0.0722. The van der Waals surface area contributed by atoms with Crippen molar-refractivity contribution >= 4 is 22.4 Å². The van der Waals surface area contributed by atoms with E-state index in [1.54, 1.807) is 7.11 Å². The zero-order valence-electron chi connectivity index (χ0n) is 14.8. The molecule has 2 heterocycles. The van der Waals surface area contributed by atoms with Crippen molar-refractivity contribution in [1.82, 2.24) is 9.88 Å². The highest BCUT2D eigenvalue weighted by Crippen LogP contribution is 2.22. The Hall–Kier alpha value is -1.92. The lowest BCUT2D eigenvalue weighted by Gasteiger charge is -2.30. The molecule has 0 unspecified atom stereocenters. The lowest BCUT2D eigenvalue weighted by atomic mass is 10.0. The standard InChI is InChI=1S/C19H25N3O2S/c1-14-6-5-9-22(11-14)12-16-13-25-19(20-16)21-18(23)10-15-7-3-4-8-17(15)24-2/h3-4,7-8,13-14H,5-6,9-12H2,1-2H3,(H,20,21,23)/t14-/m1/s1. The first-order valence-corrected chi connectivity index (χ1v) is 9.60. The highest BCUT2D eigenvalue weighted by molar-refractivity contribution is 7.13. The van der Waals surface area contributed by atoms with Crippen molar-refractivity contribution in [2.75, 3.05) is 25.5 Å². The summed E-state index contributed by atoms with van der Waals surface area (Å²) >= 11 is 1.49. The molecule has 6 heteroatoms. The fraction of sp³-hybridized carbons (Fsp3) is 0.474. The van der Waals surface area contributed by atoms with E-state index in [1.165, 1.54) is 24.2 Å². The fourth-order valence-corrected chi connectivity index (χ4v) is 4.00. The van der Waals surface area contributed by atoms with Crippen molar-refractivity contribution < 1.29 is 9.53 Å². The van der Waals surface area contributed by atoms with Gasteiger partial charge in [0.15, 0.2) is 5.13 Å². The molecule has 1 aromatic carbocycles. The molecule has 1 atom stereocenters. The van der Waals surface area contributed by atoms with Gasteiger partial charge in [-0.3, -0.25) is 9.69 Å². The molecule has 1 amide bonds. The summed E-state index contributed by atoms with van der Waals surface area (Å²) in [4.78, 5) is 19.3. The first kappa shape index (κ1) is 17.9. The van der Waals surface area contributed by atoms with Crippen LogP contribution in [0.1, 0.15) is 31.0 Å². The molecule has 1 fully saturated rings. The predicted molar refractivity (Wildman–Crippen MR) is 101 cm³/mol. The minimum Gasteiger partial charge on any atom is -0.496 e. The predicted octanol–water partition coefficient (Wildman–Crippen LogP) is 3.56. The number of piperidine rings is 1. The van der Waals surface area contributed by atoms with Gasteiger partial charge in [0.1, 0.15) is 5.75 Å². The maximum absolute atomic E-state index is 12.3. The Morgan fingerprint density at radius 3 is 3.08 bits per heavy atom. The first-order valence-electron chi connectivity index (χ1n) is 8.72. The number of hydrogen-bond acceptors (Lipinski definition) is 5. The maximum Gasteiger partial charge on any atom is 0.230 e. The van der Waals surface area contributed by atoms with Crippen LogP contribution in [0, 0.1) is 5.92 Å². The highest BCUT2D eigenvalue weighted by atomic mass is 32.1. The van der Waals surface area contributed by atoms with E-state index < -0.39 is 0 Å². The van der Waals surface area contributed by atoms with E-state index in [2.05, 4.69) is 22.1 Å². The van der Waals surface area contributed by atoms with Crippen LogP contribution in [0.2, 0.25) is 0 Å². The monoisotopic (exact) mass is 359 g/mol. The molecule has 25 heavy (non-hydrogen) atoms. The molecule has 1 N–H and O–H groups in total. The number of methoxy groups -OCH3 is 1. The van der Waals surface area contributed by atoms with Crippen molar-refractivity contribution in [3.63, 3.8) is 0 Å². The van der Waals surface area contributed by atoms with Gasteiger partial charge in [0.05, 0.1) is 19.2 Å². The number of carbonyl (C=O) groups is 1. The molecule has 0 spiro atoms. The second-order valence-corrected chi connectivity index (χ2v) is 7.52. The molecular weight excluding hydrogens is 334 g/mol. The molecule has 1 aliphatic heterocycles. The van der Waals surface area contributed by atoms with Crippen molar-refractivity contribution in [3.05, 3.63) is 40.9 Å². The van der Waals surface area contributed by atoms with Gasteiger partial charge in [0.2, 0.25) is 5.91 Å². The molecule has 134 valence electrons. The van der Waals surface area contributed by atoms with E-state index in [1.807, 2.05) is 29.6 Å². The number of thiazole rings is 1. The van der Waals surface area contributed by atoms with Crippen LogP contribution in [-0.2, 0) is 17.8 Å². The van der Waals surface area contributed by atoms with Gasteiger partial charge in [0, 0.05) is 24.0 Å². The van der Waals surface area contributed by atoms with E-state index >= 15 is 0 Å². The Balaban J connectivity index is 1.54. The Labute approximate surface area is 153 Å². The van der Waals surface area contributed by atoms with Crippen LogP contribution in [0.5, 0.6) is 5.75 Å². The third-order valence-electron chi connectivity index (χ3n) is 4.47. The molecule has 1 aliphatic rings. The molecule has 0 bridgehead atoms. The Kier molecular flexibility index (Phi) is 6.04. The lowest BCUT2D eigenvalue weighted by molar-refractivity contribution is -0.115. The molecule has 0 aliphatic carbocycles. The van der Waals surface area contributed by atoms with Crippen LogP contribution in [0.3, 0.4) is 0 Å². The first-order chi connectivity index (χ1) is 12.1. The van der Waals surface area contributed by atoms with E-state index in [0.717, 1.165) is 42.6 Å². The van der Waals surface area contributed by atoms with Crippen LogP contribution < -0.4 is 10.1 Å². The Morgan fingerprint density at radius 2 is 2.28 bits per heavy atom. The quantitative estimate of drug-likeness (QED) is 0.857. The molecule has 0 saturated carbocycles. The minimum absolute atomic E-state index is 0.0722. The fourth-order valence-electron chi connectivity index (χ4n) is 3.28. The molecule has 3 rings (SSSR count). The van der Waals surface area contributed by atoms with Gasteiger partial charge < -0.3 is 10.1 Å². The van der Waals surface area contributed by atoms with Gasteiger partial charge in [-0.05, 0) is 31.4 Å². The average Bonchev–Trinajstić information content (AvgIpc) is 3.02. The van der Waals surface area contributed by atoms with Gasteiger partial charge in [-0.25, -0.2) is 4.98 Å². The van der Waals surface area contributed by atoms with Crippen LogP contribution in [0.15, 0.2) is 29.6 Å². The number of para-hydroxylation sites is 1. The van der Waals surface area contributed by atoms with Crippen LogP contribution >= 0.6 is 11.3 Å². The van der Waals surface area contributed by atoms with Crippen LogP contribution in [0.4, 0.5) is 5.13 Å². The van der Waals surface area contributed by atoms with E-state index in [-0.39, 0.29) is 12.3 Å². The zero-order valence-corrected chi connectivity index (χ0v) is 15.6. The number of nitrogens with zero attached hydrogens (tertiary/aromatic N) is 2. The van der Waals surface area contributed by atoms with Crippen LogP contribution in [-0.4, -0.2) is 36.0 Å². The van der Waals surface area contributed by atoms with Gasteiger partial charge >= 0.3 is 0 Å². The Bertz CT molecular complexity index is 716. The number of benzene rings is 1. The van der Waals surface area contributed by atoms with Gasteiger partial charge in [-0.15, -0.1) is 11.3 Å². The average molecular weight is 359 g/mol. The summed E-state index contributed by atoms with van der Waals surface area (Å²) in [5, 5.41) is 5.61. The zero-order chi connectivity index (χ0) is 17.6. The normalized spacial score (nSPS) is 18.1. The van der Waals surface area contributed by atoms with E-state index in [0.29, 0.717) is 5.13 Å². The van der Waals surface area contributed by atoms with E-state index in [9.17, 15) is 4.79 Å². The lowest BCUT2D eigenvalue weighted by Crippen LogP contribution is -2.33. The number of hydrogen-bond donors (Lipinski definition) is 1. The number of rotatable bonds is 6. The van der Waals surface area contributed by atoms with Crippen molar-refractivity contribution in [2.45, 2.75) is 32.7 Å². The van der Waals surface area contributed by atoms with Gasteiger partial charge in [-0.2, -0.15) is 0 Å². The number of nitrogens with one attached hydrogen (secondary N) is 1. The van der Waals surface area contributed by atoms with Gasteiger partial charge in [0.25, 0.3) is 0 Å². The molecule has 1 aromatic heterocycles. The molecule has 2 aromatic rings. The summed E-state index contributed by atoms with van der Waals surface area (Å²) < 4.78 is 5.30. The largest absolute Gasteiger partial charge is 0.496 e. The highest BCUT2D eigenvalue weighted by Gasteiger charge is 2.17. The summed E-state index contributed by atoms with van der Waals surface area (Å²) in [6, 6.07) is 7.58. The number of aromatic nitrogens is 1. The number of ether oxygens (including phenoxy) is 1. The molecule has 0 radical (unpaired) electrons. The number of amides is 1. The van der Waals surface area contributed by atoms with Crippen LogP contribution in [0.25, 0.3) is 0 Å². The van der Waals surface area contributed by atoms with Crippen molar-refractivity contribution in [2.24, 2.45) is 5.92 Å². The topological polar surface area (TPSA) is 54.5 Å².